The molecule has 0 fully saturated rings. The Bertz CT molecular complexity index is 910. The molecule has 0 atom stereocenters. The minimum absolute atomic E-state index is 0.0245. The molecule has 3 rings (SSSR count). The molecule has 0 aliphatic rings. The van der Waals surface area contributed by atoms with E-state index in [2.05, 4.69) is 0 Å². The van der Waals surface area contributed by atoms with Gasteiger partial charge in [0.05, 0.1) is 25.0 Å². The number of ether oxygens (including phenoxy) is 2. The highest BCUT2D eigenvalue weighted by Crippen LogP contribution is 2.42. The van der Waals surface area contributed by atoms with Gasteiger partial charge in [-0.05, 0) is 24.3 Å². The van der Waals surface area contributed by atoms with Crippen LogP contribution in [0.25, 0.3) is 21.9 Å². The molecule has 6 nitrogen and oxygen atoms in total. The average Bonchev–Trinajstić information content (AvgIpc) is 2.48. The second kappa shape index (κ2) is 4.59. The maximum Gasteiger partial charge on any atom is 0.208 e. The highest BCUT2D eigenvalue weighted by molar-refractivity contribution is 5.95. The molecule has 2 N–H and O–H groups in total. The van der Waals surface area contributed by atoms with Crippen molar-refractivity contribution < 1.29 is 24.1 Å². The summed E-state index contributed by atoms with van der Waals surface area (Å²) in [5, 5.41) is 20.0. The SMILES string of the molecule is COc1cc2c(=O)c3cc(O)ccc3oc2c(OC)c1O. The Morgan fingerprint density at radius 1 is 1.05 bits per heavy atom. The number of hydrogen-bond donors (Lipinski definition) is 2. The van der Waals surface area contributed by atoms with E-state index in [-0.39, 0.29) is 50.4 Å². The Hall–Kier alpha value is -2.89. The van der Waals surface area contributed by atoms with Gasteiger partial charge in [0.25, 0.3) is 0 Å². The monoisotopic (exact) mass is 288 g/mol. The van der Waals surface area contributed by atoms with E-state index >= 15 is 0 Å². The highest BCUT2D eigenvalue weighted by atomic mass is 16.5. The summed E-state index contributed by atoms with van der Waals surface area (Å²) in [4.78, 5) is 12.5. The normalized spacial score (nSPS) is 11.0. The lowest BCUT2D eigenvalue weighted by molar-refractivity contribution is 0.339. The van der Waals surface area contributed by atoms with E-state index in [1.807, 2.05) is 0 Å². The standard InChI is InChI=1S/C15H12O6/c1-19-11-6-9-12(17)8-5-7(16)3-4-10(8)21-14(9)15(20-2)13(11)18/h3-6,16,18H,1-2H3. The number of rotatable bonds is 2. The minimum Gasteiger partial charge on any atom is -0.508 e. The van der Waals surface area contributed by atoms with Crippen LogP contribution in [0.3, 0.4) is 0 Å². The lowest BCUT2D eigenvalue weighted by Crippen LogP contribution is -2.03. The summed E-state index contributed by atoms with van der Waals surface area (Å²) >= 11 is 0. The van der Waals surface area contributed by atoms with Gasteiger partial charge in [0.2, 0.25) is 16.9 Å². The van der Waals surface area contributed by atoms with Crippen LogP contribution in [0, 0.1) is 0 Å². The molecule has 3 aromatic rings. The minimum atomic E-state index is -0.348. The molecule has 0 radical (unpaired) electrons. The van der Waals surface area contributed by atoms with E-state index in [0.717, 1.165) is 0 Å². The second-order valence-corrected chi connectivity index (χ2v) is 4.45. The largest absolute Gasteiger partial charge is 0.508 e. The van der Waals surface area contributed by atoms with Crippen molar-refractivity contribution in [3.05, 3.63) is 34.5 Å². The number of phenolic OH excluding ortho intramolecular Hbond substituents is 2. The van der Waals surface area contributed by atoms with Crippen LogP contribution < -0.4 is 14.9 Å². The Balaban J connectivity index is 2.56. The van der Waals surface area contributed by atoms with Crippen molar-refractivity contribution in [2.24, 2.45) is 0 Å². The number of benzene rings is 2. The van der Waals surface area contributed by atoms with Crippen molar-refractivity contribution >= 4 is 21.9 Å². The summed E-state index contributed by atoms with van der Waals surface area (Å²) < 4.78 is 15.8. The fourth-order valence-electron chi connectivity index (χ4n) is 2.26. The molecular weight excluding hydrogens is 276 g/mol. The van der Waals surface area contributed by atoms with Crippen LogP contribution in [0.4, 0.5) is 0 Å². The van der Waals surface area contributed by atoms with E-state index < -0.39 is 0 Å². The van der Waals surface area contributed by atoms with Gasteiger partial charge < -0.3 is 24.1 Å². The van der Waals surface area contributed by atoms with E-state index in [4.69, 9.17) is 13.9 Å². The maximum atomic E-state index is 12.5. The summed E-state index contributed by atoms with van der Waals surface area (Å²) in [6, 6.07) is 5.59. The number of hydrogen-bond acceptors (Lipinski definition) is 6. The van der Waals surface area contributed by atoms with Crippen LogP contribution in [0.1, 0.15) is 0 Å². The van der Waals surface area contributed by atoms with Crippen LogP contribution in [-0.2, 0) is 0 Å². The number of methoxy groups -OCH3 is 2. The molecule has 0 aliphatic carbocycles. The fourth-order valence-corrected chi connectivity index (χ4v) is 2.26. The smallest absolute Gasteiger partial charge is 0.208 e. The van der Waals surface area contributed by atoms with Crippen LogP contribution in [0.15, 0.2) is 33.5 Å². The van der Waals surface area contributed by atoms with E-state index in [9.17, 15) is 15.0 Å². The molecule has 0 amide bonds. The van der Waals surface area contributed by atoms with Gasteiger partial charge in [-0.25, -0.2) is 0 Å². The topological polar surface area (TPSA) is 89.1 Å². The van der Waals surface area contributed by atoms with Gasteiger partial charge in [-0.1, -0.05) is 0 Å². The summed E-state index contributed by atoms with van der Waals surface area (Å²) in [7, 11) is 2.73. The predicted molar refractivity (Wildman–Crippen MR) is 76.4 cm³/mol. The number of phenols is 2. The van der Waals surface area contributed by atoms with Gasteiger partial charge in [0.1, 0.15) is 11.3 Å². The third kappa shape index (κ3) is 1.84. The van der Waals surface area contributed by atoms with E-state index in [0.29, 0.717) is 0 Å². The molecule has 2 aromatic carbocycles. The Morgan fingerprint density at radius 3 is 2.48 bits per heavy atom. The van der Waals surface area contributed by atoms with E-state index in [1.165, 1.54) is 38.5 Å². The summed E-state index contributed by atoms with van der Waals surface area (Å²) in [6.45, 7) is 0. The zero-order valence-corrected chi connectivity index (χ0v) is 11.3. The Kier molecular flexibility index (Phi) is 2.86. The zero-order chi connectivity index (χ0) is 15.1. The van der Waals surface area contributed by atoms with Gasteiger partial charge in [0, 0.05) is 0 Å². The second-order valence-electron chi connectivity index (χ2n) is 4.45. The first-order chi connectivity index (χ1) is 10.1. The molecule has 0 bridgehead atoms. The number of aromatic hydroxyl groups is 2. The van der Waals surface area contributed by atoms with Crippen LogP contribution in [0.2, 0.25) is 0 Å². The van der Waals surface area contributed by atoms with Crippen molar-refractivity contribution in [3.8, 4) is 23.0 Å². The molecule has 0 saturated heterocycles. The molecule has 0 aliphatic heterocycles. The first kappa shape index (κ1) is 13.1. The third-order valence-corrected chi connectivity index (χ3v) is 3.26. The third-order valence-electron chi connectivity index (χ3n) is 3.26. The molecular formula is C15H12O6. The lowest BCUT2D eigenvalue weighted by Gasteiger charge is -2.11. The fraction of sp³-hybridized carbons (Fsp3) is 0.133. The summed E-state index contributed by atoms with van der Waals surface area (Å²) in [5.74, 6) is -0.150. The summed E-state index contributed by atoms with van der Waals surface area (Å²) in [5.41, 5.74) is 0.0610. The van der Waals surface area contributed by atoms with Crippen LogP contribution in [0.5, 0.6) is 23.0 Å². The van der Waals surface area contributed by atoms with Gasteiger partial charge in [0.15, 0.2) is 11.3 Å². The quantitative estimate of drug-likeness (QED) is 0.704. The van der Waals surface area contributed by atoms with Crippen molar-refractivity contribution in [2.45, 2.75) is 0 Å². The van der Waals surface area contributed by atoms with E-state index in [1.54, 1.807) is 0 Å². The van der Waals surface area contributed by atoms with Crippen LogP contribution in [-0.4, -0.2) is 24.4 Å². The molecule has 108 valence electrons. The first-order valence-corrected chi connectivity index (χ1v) is 6.10. The summed E-state index contributed by atoms with van der Waals surface area (Å²) in [6.07, 6.45) is 0. The molecule has 0 saturated carbocycles. The van der Waals surface area contributed by atoms with Crippen molar-refractivity contribution in [3.63, 3.8) is 0 Å². The predicted octanol–water partition coefficient (Wildman–Crippen LogP) is 2.37. The molecule has 1 heterocycles. The zero-order valence-electron chi connectivity index (χ0n) is 11.3. The van der Waals surface area contributed by atoms with Crippen LogP contribution >= 0.6 is 0 Å². The molecule has 0 unspecified atom stereocenters. The van der Waals surface area contributed by atoms with Gasteiger partial charge in [-0.3, -0.25) is 4.79 Å². The maximum absolute atomic E-state index is 12.5. The Morgan fingerprint density at radius 2 is 1.81 bits per heavy atom. The molecule has 0 spiro atoms. The molecule has 6 heteroatoms. The first-order valence-electron chi connectivity index (χ1n) is 6.10. The lowest BCUT2D eigenvalue weighted by atomic mass is 10.1. The van der Waals surface area contributed by atoms with Gasteiger partial charge >= 0.3 is 0 Å². The Labute approximate surface area is 118 Å². The van der Waals surface area contributed by atoms with Crippen molar-refractivity contribution in [1.29, 1.82) is 0 Å². The molecule has 21 heavy (non-hydrogen) atoms. The highest BCUT2D eigenvalue weighted by Gasteiger charge is 2.19. The molecule has 1 aromatic heterocycles. The number of fused-ring (bicyclic) bond motifs is 2. The van der Waals surface area contributed by atoms with Gasteiger partial charge in [-0.15, -0.1) is 0 Å². The van der Waals surface area contributed by atoms with Crippen molar-refractivity contribution in [1.82, 2.24) is 0 Å². The van der Waals surface area contributed by atoms with Gasteiger partial charge in [-0.2, -0.15) is 0 Å². The average molecular weight is 288 g/mol. The van der Waals surface area contributed by atoms with Crippen molar-refractivity contribution in [2.75, 3.05) is 14.2 Å².